The van der Waals surface area contributed by atoms with Crippen LogP contribution in [0.5, 0.6) is 0 Å². The molecule has 1 aliphatic carbocycles. The molecule has 4 nitrogen and oxygen atoms in total. The number of imidazole rings is 1. The first kappa shape index (κ1) is 13.8. The van der Waals surface area contributed by atoms with Crippen LogP contribution in [0.3, 0.4) is 0 Å². The first-order chi connectivity index (χ1) is 11.3. The summed E-state index contributed by atoms with van der Waals surface area (Å²) in [5.74, 6) is -0.0245. The van der Waals surface area contributed by atoms with Crippen LogP contribution in [-0.4, -0.2) is 15.5 Å². The number of aromatic nitrogens is 2. The number of carbonyl (C=O) groups excluding carboxylic acids is 1. The number of hydrogen-bond acceptors (Lipinski definition) is 2. The molecule has 1 saturated carbocycles. The van der Waals surface area contributed by atoms with E-state index in [0.29, 0.717) is 5.56 Å². The predicted molar refractivity (Wildman–Crippen MR) is 88.4 cm³/mol. The van der Waals surface area contributed by atoms with Gasteiger partial charge in [0.25, 0.3) is 5.91 Å². The lowest BCUT2D eigenvalue weighted by Gasteiger charge is -2.18. The van der Waals surface area contributed by atoms with Crippen LogP contribution >= 0.6 is 0 Å². The molecule has 2 aromatic carbocycles. The topological polar surface area (TPSA) is 46.9 Å². The van der Waals surface area contributed by atoms with Gasteiger partial charge in [-0.05, 0) is 42.7 Å². The van der Waals surface area contributed by atoms with Gasteiger partial charge in [0.1, 0.15) is 0 Å². The Bertz CT molecular complexity index is 804. The van der Waals surface area contributed by atoms with Crippen LogP contribution in [0.4, 0.5) is 0 Å². The van der Waals surface area contributed by atoms with E-state index in [1.807, 2.05) is 53.2 Å². The molecule has 1 aromatic heterocycles. The Balaban J connectivity index is 1.52. The van der Waals surface area contributed by atoms with Gasteiger partial charge in [0.15, 0.2) is 0 Å². The third kappa shape index (κ3) is 2.63. The lowest BCUT2D eigenvalue weighted by molar-refractivity contribution is 0.0931. The van der Waals surface area contributed by atoms with Gasteiger partial charge in [-0.25, -0.2) is 4.98 Å². The van der Waals surface area contributed by atoms with Gasteiger partial charge in [0, 0.05) is 23.6 Å². The number of benzene rings is 2. The van der Waals surface area contributed by atoms with E-state index in [1.165, 1.54) is 5.56 Å². The zero-order valence-corrected chi connectivity index (χ0v) is 12.6. The van der Waals surface area contributed by atoms with E-state index in [0.717, 1.165) is 18.5 Å². The zero-order valence-electron chi connectivity index (χ0n) is 12.6. The van der Waals surface area contributed by atoms with Crippen molar-refractivity contribution in [1.29, 1.82) is 0 Å². The average molecular weight is 303 g/mol. The molecule has 4 rings (SSSR count). The van der Waals surface area contributed by atoms with Crippen LogP contribution in [0.2, 0.25) is 0 Å². The van der Waals surface area contributed by atoms with Crippen molar-refractivity contribution in [2.75, 3.05) is 0 Å². The zero-order chi connectivity index (χ0) is 15.7. The van der Waals surface area contributed by atoms with Gasteiger partial charge in [-0.2, -0.15) is 0 Å². The summed E-state index contributed by atoms with van der Waals surface area (Å²) in [6.45, 7) is 0. The van der Waals surface area contributed by atoms with E-state index in [2.05, 4.69) is 22.4 Å². The fourth-order valence-electron chi connectivity index (χ4n) is 2.85. The Morgan fingerprint density at radius 2 is 1.78 bits per heavy atom. The van der Waals surface area contributed by atoms with Gasteiger partial charge >= 0.3 is 0 Å². The van der Waals surface area contributed by atoms with E-state index < -0.39 is 0 Å². The standard InChI is InChI=1S/C19H17N3O/c23-18(21-19(10-11-19)16-4-2-1-3-5-16)15-6-8-17(9-7-15)22-13-12-20-14-22/h1-9,12-14H,10-11H2,(H,21,23). The molecule has 0 atom stereocenters. The lowest BCUT2D eigenvalue weighted by Crippen LogP contribution is -2.34. The Morgan fingerprint density at radius 3 is 2.39 bits per heavy atom. The second-order valence-corrected chi connectivity index (χ2v) is 5.92. The lowest BCUT2D eigenvalue weighted by atomic mass is 10.0. The van der Waals surface area contributed by atoms with Crippen LogP contribution in [0.15, 0.2) is 73.3 Å². The molecule has 0 saturated heterocycles. The molecule has 1 amide bonds. The molecule has 4 heteroatoms. The van der Waals surface area contributed by atoms with Gasteiger partial charge < -0.3 is 9.88 Å². The van der Waals surface area contributed by atoms with Crippen molar-refractivity contribution < 1.29 is 4.79 Å². The molecule has 114 valence electrons. The molecule has 0 spiro atoms. The normalized spacial score (nSPS) is 15.1. The van der Waals surface area contributed by atoms with Gasteiger partial charge in [0.2, 0.25) is 0 Å². The summed E-state index contributed by atoms with van der Waals surface area (Å²) in [5, 5.41) is 3.20. The van der Waals surface area contributed by atoms with Gasteiger partial charge in [-0.15, -0.1) is 0 Å². The summed E-state index contributed by atoms with van der Waals surface area (Å²) < 4.78 is 1.91. The summed E-state index contributed by atoms with van der Waals surface area (Å²) in [6, 6.07) is 17.7. The molecule has 0 radical (unpaired) electrons. The number of nitrogens with one attached hydrogen (secondary N) is 1. The third-order valence-electron chi connectivity index (χ3n) is 4.36. The number of carbonyl (C=O) groups is 1. The molecule has 1 N–H and O–H groups in total. The van der Waals surface area contributed by atoms with E-state index in [4.69, 9.17) is 0 Å². The molecular weight excluding hydrogens is 286 g/mol. The SMILES string of the molecule is O=C(NC1(c2ccccc2)CC1)c1ccc(-n2ccnc2)cc1. The summed E-state index contributed by atoms with van der Waals surface area (Å²) in [5.41, 5.74) is 2.67. The number of hydrogen-bond donors (Lipinski definition) is 1. The maximum absolute atomic E-state index is 12.5. The summed E-state index contributed by atoms with van der Waals surface area (Å²) in [4.78, 5) is 16.6. The maximum atomic E-state index is 12.5. The quantitative estimate of drug-likeness (QED) is 0.804. The molecule has 23 heavy (non-hydrogen) atoms. The highest BCUT2D eigenvalue weighted by molar-refractivity contribution is 5.95. The molecular formula is C19H17N3O. The van der Waals surface area contributed by atoms with Crippen molar-refractivity contribution in [2.24, 2.45) is 0 Å². The van der Waals surface area contributed by atoms with Crippen LogP contribution in [0.1, 0.15) is 28.8 Å². The monoisotopic (exact) mass is 303 g/mol. The van der Waals surface area contributed by atoms with Crippen molar-refractivity contribution >= 4 is 5.91 Å². The Morgan fingerprint density at radius 1 is 1.04 bits per heavy atom. The van der Waals surface area contributed by atoms with Crippen molar-refractivity contribution in [3.63, 3.8) is 0 Å². The molecule has 0 bridgehead atoms. The Hall–Kier alpha value is -2.88. The minimum atomic E-state index is -0.179. The molecule has 0 unspecified atom stereocenters. The van der Waals surface area contributed by atoms with Crippen LogP contribution in [0, 0.1) is 0 Å². The van der Waals surface area contributed by atoms with E-state index in [1.54, 1.807) is 12.5 Å². The summed E-state index contributed by atoms with van der Waals surface area (Å²) in [7, 11) is 0. The molecule has 1 heterocycles. The number of amides is 1. The van der Waals surface area contributed by atoms with E-state index in [9.17, 15) is 4.79 Å². The van der Waals surface area contributed by atoms with Crippen molar-refractivity contribution in [1.82, 2.24) is 14.9 Å². The third-order valence-corrected chi connectivity index (χ3v) is 4.36. The van der Waals surface area contributed by atoms with Crippen LogP contribution in [-0.2, 0) is 5.54 Å². The molecule has 1 aliphatic rings. The van der Waals surface area contributed by atoms with Crippen molar-refractivity contribution in [2.45, 2.75) is 18.4 Å². The fourth-order valence-corrected chi connectivity index (χ4v) is 2.85. The highest BCUT2D eigenvalue weighted by Gasteiger charge is 2.45. The van der Waals surface area contributed by atoms with Gasteiger partial charge in [-0.1, -0.05) is 30.3 Å². The highest BCUT2D eigenvalue weighted by Crippen LogP contribution is 2.45. The molecule has 0 aliphatic heterocycles. The second-order valence-electron chi connectivity index (χ2n) is 5.92. The maximum Gasteiger partial charge on any atom is 0.251 e. The predicted octanol–water partition coefficient (Wildman–Crippen LogP) is 3.29. The average Bonchev–Trinajstić information content (AvgIpc) is 3.18. The highest BCUT2D eigenvalue weighted by atomic mass is 16.1. The summed E-state index contributed by atoms with van der Waals surface area (Å²) in [6.07, 6.45) is 7.34. The first-order valence-corrected chi connectivity index (χ1v) is 7.73. The Labute approximate surface area is 134 Å². The van der Waals surface area contributed by atoms with E-state index >= 15 is 0 Å². The fraction of sp³-hybridized carbons (Fsp3) is 0.158. The van der Waals surface area contributed by atoms with Crippen LogP contribution < -0.4 is 5.32 Å². The minimum Gasteiger partial charge on any atom is -0.343 e. The largest absolute Gasteiger partial charge is 0.343 e. The van der Waals surface area contributed by atoms with Crippen molar-refractivity contribution in [3.8, 4) is 5.69 Å². The molecule has 3 aromatic rings. The number of rotatable bonds is 4. The minimum absolute atomic E-state index is 0.0245. The first-order valence-electron chi connectivity index (χ1n) is 7.73. The van der Waals surface area contributed by atoms with Gasteiger partial charge in [0.05, 0.1) is 11.9 Å². The second kappa shape index (κ2) is 5.39. The molecule has 1 fully saturated rings. The van der Waals surface area contributed by atoms with E-state index in [-0.39, 0.29) is 11.4 Å². The van der Waals surface area contributed by atoms with Gasteiger partial charge in [-0.3, -0.25) is 4.79 Å². The number of nitrogens with zero attached hydrogens (tertiary/aromatic N) is 2. The summed E-state index contributed by atoms with van der Waals surface area (Å²) >= 11 is 0. The Kier molecular flexibility index (Phi) is 3.23. The van der Waals surface area contributed by atoms with Crippen LogP contribution in [0.25, 0.3) is 5.69 Å². The smallest absolute Gasteiger partial charge is 0.251 e. The van der Waals surface area contributed by atoms with Crippen molar-refractivity contribution in [3.05, 3.63) is 84.4 Å².